The first kappa shape index (κ1) is 10.3. The predicted molar refractivity (Wildman–Crippen MR) is 64.6 cm³/mol. The summed E-state index contributed by atoms with van der Waals surface area (Å²) >= 11 is 0. The summed E-state index contributed by atoms with van der Waals surface area (Å²) in [6, 6.07) is 4.78. The van der Waals surface area contributed by atoms with Gasteiger partial charge < -0.3 is 10.5 Å². The third-order valence-corrected chi connectivity index (χ3v) is 3.14. The van der Waals surface area contributed by atoms with Crippen LogP contribution in [0.25, 0.3) is 10.9 Å². The molecule has 3 nitrogen and oxygen atoms in total. The number of aromatic nitrogens is 1. The average molecular weight is 232 g/mol. The number of pyridine rings is 1. The lowest BCUT2D eigenvalue weighted by Gasteiger charge is -2.10. The molecule has 0 aliphatic heterocycles. The van der Waals surface area contributed by atoms with Crippen LogP contribution in [0, 0.1) is 5.82 Å². The molecule has 0 spiro atoms. The van der Waals surface area contributed by atoms with Crippen molar-refractivity contribution in [2.75, 3.05) is 12.8 Å². The van der Waals surface area contributed by atoms with Gasteiger partial charge >= 0.3 is 0 Å². The maximum atomic E-state index is 13.8. The number of fused-ring (bicyclic) bond motifs is 1. The van der Waals surface area contributed by atoms with Gasteiger partial charge in [0, 0.05) is 17.3 Å². The molecule has 0 atom stereocenters. The molecule has 0 saturated heterocycles. The van der Waals surface area contributed by atoms with Crippen LogP contribution in [0.15, 0.2) is 18.2 Å². The van der Waals surface area contributed by atoms with Crippen molar-refractivity contribution in [3.8, 4) is 5.75 Å². The van der Waals surface area contributed by atoms with Gasteiger partial charge in [0.05, 0.1) is 12.5 Å². The van der Waals surface area contributed by atoms with E-state index in [1.807, 2.05) is 6.07 Å². The summed E-state index contributed by atoms with van der Waals surface area (Å²) < 4.78 is 19.0. The van der Waals surface area contributed by atoms with Crippen LogP contribution >= 0.6 is 0 Å². The van der Waals surface area contributed by atoms with Crippen molar-refractivity contribution in [2.24, 2.45) is 0 Å². The van der Waals surface area contributed by atoms with Gasteiger partial charge in [0.1, 0.15) is 17.1 Å². The number of hydrogen-bond donors (Lipinski definition) is 1. The summed E-state index contributed by atoms with van der Waals surface area (Å²) in [5, 5.41) is 0.567. The molecule has 1 aromatic heterocycles. The molecule has 3 rings (SSSR count). The number of methoxy groups -OCH3 is 1. The SMILES string of the molecule is COc1ccc(F)c2nc(C3CC3)cc(N)c12. The van der Waals surface area contributed by atoms with Gasteiger partial charge in [-0.25, -0.2) is 9.37 Å². The normalized spacial score (nSPS) is 15.2. The number of nitrogens with two attached hydrogens (primary N) is 1. The molecule has 1 heterocycles. The maximum absolute atomic E-state index is 13.8. The van der Waals surface area contributed by atoms with Crippen molar-refractivity contribution < 1.29 is 9.13 Å². The fourth-order valence-electron chi connectivity index (χ4n) is 2.09. The number of halogens is 1. The zero-order valence-corrected chi connectivity index (χ0v) is 9.53. The number of rotatable bonds is 2. The topological polar surface area (TPSA) is 48.1 Å². The van der Waals surface area contributed by atoms with Crippen LogP contribution < -0.4 is 10.5 Å². The first-order valence-electron chi connectivity index (χ1n) is 5.63. The molecular weight excluding hydrogens is 219 g/mol. The van der Waals surface area contributed by atoms with Crippen LogP contribution in [-0.2, 0) is 0 Å². The minimum Gasteiger partial charge on any atom is -0.496 e. The number of ether oxygens (including phenoxy) is 1. The van der Waals surface area contributed by atoms with Crippen LogP contribution in [0.1, 0.15) is 24.5 Å². The second kappa shape index (κ2) is 3.58. The van der Waals surface area contributed by atoms with Gasteiger partial charge in [0.25, 0.3) is 0 Å². The van der Waals surface area contributed by atoms with Crippen LogP contribution in [0.3, 0.4) is 0 Å². The molecule has 4 heteroatoms. The standard InChI is InChI=1S/C13H13FN2O/c1-17-11-5-4-8(14)13-12(11)9(15)6-10(16-13)7-2-3-7/h4-7H,2-3H2,1H3,(H2,15,16). The summed E-state index contributed by atoms with van der Waals surface area (Å²) in [6.45, 7) is 0. The first-order valence-corrected chi connectivity index (χ1v) is 5.63. The predicted octanol–water partition coefficient (Wildman–Crippen LogP) is 2.84. The lowest BCUT2D eigenvalue weighted by molar-refractivity contribution is 0.419. The van der Waals surface area contributed by atoms with E-state index < -0.39 is 0 Å². The molecule has 88 valence electrons. The van der Waals surface area contributed by atoms with Crippen molar-refractivity contribution in [1.29, 1.82) is 0 Å². The largest absolute Gasteiger partial charge is 0.496 e. The highest BCUT2D eigenvalue weighted by atomic mass is 19.1. The minimum atomic E-state index is -0.352. The highest BCUT2D eigenvalue weighted by Gasteiger charge is 2.26. The summed E-state index contributed by atoms with van der Waals surface area (Å²) in [7, 11) is 1.54. The van der Waals surface area contributed by atoms with Gasteiger partial charge in [0.15, 0.2) is 0 Å². The van der Waals surface area contributed by atoms with E-state index in [-0.39, 0.29) is 5.82 Å². The monoisotopic (exact) mass is 232 g/mol. The Balaban J connectivity index is 2.33. The molecule has 1 aliphatic carbocycles. The van der Waals surface area contributed by atoms with E-state index in [0.29, 0.717) is 28.3 Å². The molecular formula is C13H13FN2O. The highest BCUT2D eigenvalue weighted by molar-refractivity contribution is 5.96. The zero-order chi connectivity index (χ0) is 12.0. The molecule has 1 fully saturated rings. The Morgan fingerprint density at radius 2 is 2.18 bits per heavy atom. The average Bonchev–Trinajstić information content (AvgIpc) is 3.14. The van der Waals surface area contributed by atoms with Gasteiger partial charge in [-0.15, -0.1) is 0 Å². The van der Waals surface area contributed by atoms with Crippen molar-refractivity contribution in [3.63, 3.8) is 0 Å². The molecule has 1 aromatic carbocycles. The van der Waals surface area contributed by atoms with Crippen molar-refractivity contribution in [2.45, 2.75) is 18.8 Å². The van der Waals surface area contributed by atoms with Crippen LogP contribution in [0.2, 0.25) is 0 Å². The minimum absolute atomic E-state index is 0.311. The third kappa shape index (κ3) is 1.60. The Labute approximate surface area is 98.4 Å². The van der Waals surface area contributed by atoms with E-state index in [4.69, 9.17) is 10.5 Å². The number of hydrogen-bond acceptors (Lipinski definition) is 3. The van der Waals surface area contributed by atoms with Crippen molar-refractivity contribution in [1.82, 2.24) is 4.98 Å². The maximum Gasteiger partial charge on any atom is 0.149 e. The van der Waals surface area contributed by atoms with Gasteiger partial charge in [0.2, 0.25) is 0 Å². The Morgan fingerprint density at radius 1 is 1.41 bits per heavy atom. The van der Waals surface area contributed by atoms with Crippen LogP contribution in [-0.4, -0.2) is 12.1 Å². The molecule has 2 aromatic rings. The Kier molecular flexibility index (Phi) is 2.18. The molecule has 0 unspecified atom stereocenters. The van der Waals surface area contributed by atoms with E-state index >= 15 is 0 Å². The van der Waals surface area contributed by atoms with Crippen molar-refractivity contribution in [3.05, 3.63) is 29.7 Å². The number of benzene rings is 1. The second-order valence-corrected chi connectivity index (χ2v) is 4.38. The van der Waals surface area contributed by atoms with Crippen LogP contribution in [0.4, 0.5) is 10.1 Å². The second-order valence-electron chi connectivity index (χ2n) is 4.38. The summed E-state index contributed by atoms with van der Waals surface area (Å²) in [5.74, 6) is 0.663. The Hall–Kier alpha value is -1.84. The van der Waals surface area contributed by atoms with Gasteiger partial charge in [-0.2, -0.15) is 0 Å². The van der Waals surface area contributed by atoms with Gasteiger partial charge in [-0.3, -0.25) is 0 Å². The Morgan fingerprint density at radius 3 is 2.82 bits per heavy atom. The summed E-state index contributed by atoms with van der Waals surface area (Å²) in [6.07, 6.45) is 2.23. The first-order chi connectivity index (χ1) is 8.20. The zero-order valence-electron chi connectivity index (χ0n) is 9.53. The lowest BCUT2D eigenvalue weighted by Crippen LogP contribution is -1.98. The van der Waals surface area contributed by atoms with E-state index in [9.17, 15) is 4.39 Å². The highest BCUT2D eigenvalue weighted by Crippen LogP contribution is 2.42. The van der Waals surface area contributed by atoms with Gasteiger partial charge in [-0.05, 0) is 31.0 Å². The summed E-state index contributed by atoms with van der Waals surface area (Å²) in [5.41, 5.74) is 7.72. The third-order valence-electron chi connectivity index (χ3n) is 3.14. The summed E-state index contributed by atoms with van der Waals surface area (Å²) in [4.78, 5) is 4.37. The Bertz CT molecular complexity index is 593. The number of anilines is 1. The molecule has 0 radical (unpaired) electrons. The molecule has 17 heavy (non-hydrogen) atoms. The fourth-order valence-corrected chi connectivity index (χ4v) is 2.09. The molecule has 0 amide bonds. The van der Waals surface area contributed by atoms with E-state index in [1.54, 1.807) is 13.2 Å². The van der Waals surface area contributed by atoms with E-state index in [2.05, 4.69) is 4.98 Å². The molecule has 1 saturated carbocycles. The molecule has 1 aliphatic rings. The van der Waals surface area contributed by atoms with Gasteiger partial charge in [-0.1, -0.05) is 0 Å². The van der Waals surface area contributed by atoms with Crippen LogP contribution in [0.5, 0.6) is 5.75 Å². The smallest absolute Gasteiger partial charge is 0.149 e. The van der Waals surface area contributed by atoms with E-state index in [0.717, 1.165) is 18.5 Å². The quantitative estimate of drug-likeness (QED) is 0.866. The molecule has 2 N–H and O–H groups in total. The number of nitrogen functional groups attached to an aromatic ring is 1. The lowest BCUT2D eigenvalue weighted by atomic mass is 10.1. The van der Waals surface area contributed by atoms with Crippen molar-refractivity contribution >= 4 is 16.6 Å². The number of nitrogens with zero attached hydrogens (tertiary/aromatic N) is 1. The fraction of sp³-hybridized carbons (Fsp3) is 0.308. The molecule has 0 bridgehead atoms. The van der Waals surface area contributed by atoms with E-state index in [1.165, 1.54) is 6.07 Å².